The highest BCUT2D eigenvalue weighted by Crippen LogP contribution is 2.26. The summed E-state index contributed by atoms with van der Waals surface area (Å²) >= 11 is 0. The summed E-state index contributed by atoms with van der Waals surface area (Å²) < 4.78 is 27.6. The lowest BCUT2D eigenvalue weighted by molar-refractivity contribution is 0.527. The number of aryl methyl sites for hydroxylation is 1. The minimum atomic E-state index is -3.55. The van der Waals surface area contributed by atoms with E-state index >= 15 is 0 Å². The molecule has 0 spiro atoms. The zero-order chi connectivity index (χ0) is 17.3. The number of fused-ring (bicyclic) bond motifs is 1. The summed E-state index contributed by atoms with van der Waals surface area (Å²) in [5.74, 6) is 0. The van der Waals surface area contributed by atoms with Gasteiger partial charge in [0.2, 0.25) is 0 Å². The van der Waals surface area contributed by atoms with Crippen LogP contribution in [0, 0.1) is 6.92 Å². The van der Waals surface area contributed by atoms with E-state index in [0.29, 0.717) is 5.69 Å². The lowest BCUT2D eigenvalue weighted by Gasteiger charge is -2.14. The van der Waals surface area contributed by atoms with E-state index in [1.807, 2.05) is 31.2 Å². The molecule has 6 nitrogen and oxygen atoms in total. The second-order valence-electron chi connectivity index (χ2n) is 5.68. The topological polar surface area (TPSA) is 75.2 Å². The SMILES string of the molecule is Cc1cc(-c2ccncc2)nc2cc(NS(=O)(=O)N(C)C)ccc12. The summed E-state index contributed by atoms with van der Waals surface area (Å²) in [6.07, 6.45) is 3.44. The Morgan fingerprint density at radius 2 is 1.75 bits per heavy atom. The first-order valence-corrected chi connectivity index (χ1v) is 8.83. The van der Waals surface area contributed by atoms with Crippen molar-refractivity contribution in [1.29, 1.82) is 0 Å². The number of hydrogen-bond acceptors (Lipinski definition) is 4. The normalized spacial score (nSPS) is 11.8. The molecule has 124 valence electrons. The molecule has 7 heteroatoms. The molecule has 24 heavy (non-hydrogen) atoms. The molecule has 0 aliphatic rings. The average Bonchev–Trinajstić information content (AvgIpc) is 2.54. The Kier molecular flexibility index (Phi) is 4.21. The maximum Gasteiger partial charge on any atom is 0.301 e. The first-order valence-electron chi connectivity index (χ1n) is 7.39. The van der Waals surface area contributed by atoms with Crippen molar-refractivity contribution in [2.24, 2.45) is 0 Å². The number of aromatic nitrogens is 2. The third-order valence-corrected chi connectivity index (χ3v) is 5.18. The van der Waals surface area contributed by atoms with Crippen molar-refractivity contribution in [3.63, 3.8) is 0 Å². The molecule has 2 heterocycles. The highest BCUT2D eigenvalue weighted by atomic mass is 32.2. The Balaban J connectivity index is 2.08. The van der Waals surface area contributed by atoms with Gasteiger partial charge in [-0.1, -0.05) is 6.07 Å². The van der Waals surface area contributed by atoms with Gasteiger partial charge in [0, 0.05) is 37.4 Å². The van der Waals surface area contributed by atoms with Crippen molar-refractivity contribution in [2.45, 2.75) is 6.92 Å². The Bertz CT molecular complexity index is 986. The second-order valence-corrected chi connectivity index (χ2v) is 7.57. The van der Waals surface area contributed by atoms with Gasteiger partial charge in [0.1, 0.15) is 0 Å². The van der Waals surface area contributed by atoms with E-state index in [2.05, 4.69) is 14.7 Å². The monoisotopic (exact) mass is 342 g/mol. The molecule has 0 aliphatic heterocycles. The molecule has 0 amide bonds. The summed E-state index contributed by atoms with van der Waals surface area (Å²) in [6, 6.07) is 11.2. The van der Waals surface area contributed by atoms with Gasteiger partial charge >= 0.3 is 10.2 Å². The van der Waals surface area contributed by atoms with Gasteiger partial charge in [-0.3, -0.25) is 9.71 Å². The number of nitrogens with zero attached hydrogens (tertiary/aromatic N) is 3. The highest BCUT2D eigenvalue weighted by molar-refractivity contribution is 7.90. The van der Waals surface area contributed by atoms with Gasteiger partial charge in [-0.25, -0.2) is 4.98 Å². The summed E-state index contributed by atoms with van der Waals surface area (Å²) in [6.45, 7) is 2.01. The molecule has 3 rings (SSSR count). The second kappa shape index (κ2) is 6.18. The lowest BCUT2D eigenvalue weighted by Crippen LogP contribution is -2.28. The quantitative estimate of drug-likeness (QED) is 0.791. The van der Waals surface area contributed by atoms with Gasteiger partial charge in [-0.2, -0.15) is 12.7 Å². The van der Waals surface area contributed by atoms with Crippen LogP contribution < -0.4 is 4.72 Å². The van der Waals surface area contributed by atoms with Crippen LogP contribution in [-0.4, -0.2) is 36.8 Å². The van der Waals surface area contributed by atoms with Crippen molar-refractivity contribution in [3.05, 3.63) is 54.4 Å². The zero-order valence-electron chi connectivity index (χ0n) is 13.7. The molecular formula is C17H18N4O2S. The Morgan fingerprint density at radius 3 is 2.42 bits per heavy atom. The van der Waals surface area contributed by atoms with Gasteiger partial charge in [0.25, 0.3) is 0 Å². The van der Waals surface area contributed by atoms with E-state index in [4.69, 9.17) is 0 Å². The van der Waals surface area contributed by atoms with Gasteiger partial charge in [0.05, 0.1) is 16.9 Å². The van der Waals surface area contributed by atoms with Crippen LogP contribution in [0.2, 0.25) is 0 Å². The molecule has 0 bridgehead atoms. The summed E-state index contributed by atoms with van der Waals surface area (Å²) in [5.41, 5.74) is 4.09. The molecule has 0 unspecified atom stereocenters. The number of hydrogen-bond donors (Lipinski definition) is 1. The van der Waals surface area contributed by atoms with Crippen molar-refractivity contribution in [1.82, 2.24) is 14.3 Å². The predicted octanol–water partition coefficient (Wildman–Crippen LogP) is 2.82. The van der Waals surface area contributed by atoms with Crippen molar-refractivity contribution in [2.75, 3.05) is 18.8 Å². The van der Waals surface area contributed by atoms with Crippen LogP contribution in [0.25, 0.3) is 22.2 Å². The summed E-state index contributed by atoms with van der Waals surface area (Å²) in [5, 5.41) is 0.987. The molecule has 0 fully saturated rings. The van der Waals surface area contributed by atoms with E-state index in [1.165, 1.54) is 14.1 Å². The first kappa shape index (κ1) is 16.4. The largest absolute Gasteiger partial charge is 0.301 e. The average molecular weight is 342 g/mol. The maximum atomic E-state index is 12.0. The number of pyridine rings is 2. The highest BCUT2D eigenvalue weighted by Gasteiger charge is 2.14. The number of anilines is 1. The molecule has 1 N–H and O–H groups in total. The molecule has 0 atom stereocenters. The van der Waals surface area contributed by atoms with Gasteiger partial charge in [0.15, 0.2) is 0 Å². The number of nitrogens with one attached hydrogen (secondary N) is 1. The smallest absolute Gasteiger partial charge is 0.271 e. The predicted molar refractivity (Wildman–Crippen MR) is 95.9 cm³/mol. The van der Waals surface area contributed by atoms with E-state index in [1.54, 1.807) is 24.5 Å². The minimum absolute atomic E-state index is 0.481. The van der Waals surface area contributed by atoms with Gasteiger partial charge < -0.3 is 0 Å². The molecule has 0 radical (unpaired) electrons. The third kappa shape index (κ3) is 3.22. The van der Waals surface area contributed by atoms with Crippen LogP contribution in [0.15, 0.2) is 48.8 Å². The maximum absolute atomic E-state index is 12.0. The fourth-order valence-corrected chi connectivity index (χ4v) is 2.98. The standard InChI is InChI=1S/C17H18N4O2S/c1-12-10-16(13-6-8-18-9-7-13)19-17-11-14(4-5-15(12)17)20-24(22,23)21(2)3/h4-11,20H,1-3H3. The van der Waals surface area contributed by atoms with Crippen LogP contribution in [0.4, 0.5) is 5.69 Å². The molecule has 3 aromatic rings. The molecule has 0 saturated carbocycles. The van der Waals surface area contributed by atoms with E-state index in [9.17, 15) is 8.42 Å². The van der Waals surface area contributed by atoms with E-state index < -0.39 is 10.2 Å². The van der Waals surface area contributed by atoms with Crippen LogP contribution in [-0.2, 0) is 10.2 Å². The van der Waals surface area contributed by atoms with Gasteiger partial charge in [-0.15, -0.1) is 0 Å². The Hall–Kier alpha value is -2.51. The molecule has 0 aliphatic carbocycles. The van der Waals surface area contributed by atoms with Crippen molar-refractivity contribution in [3.8, 4) is 11.3 Å². The zero-order valence-corrected chi connectivity index (χ0v) is 14.5. The Labute approximate surface area is 141 Å². The third-order valence-electron chi connectivity index (χ3n) is 3.72. The minimum Gasteiger partial charge on any atom is -0.271 e. The fraction of sp³-hybridized carbons (Fsp3) is 0.176. The lowest BCUT2D eigenvalue weighted by atomic mass is 10.1. The number of benzene rings is 1. The molecule has 2 aromatic heterocycles. The first-order chi connectivity index (χ1) is 11.4. The summed E-state index contributed by atoms with van der Waals surface area (Å²) in [4.78, 5) is 8.68. The van der Waals surface area contributed by atoms with E-state index in [-0.39, 0.29) is 0 Å². The van der Waals surface area contributed by atoms with Crippen LogP contribution in [0.5, 0.6) is 0 Å². The van der Waals surface area contributed by atoms with Gasteiger partial charge in [-0.05, 0) is 42.8 Å². The Morgan fingerprint density at radius 1 is 1.04 bits per heavy atom. The van der Waals surface area contributed by atoms with Crippen LogP contribution in [0.1, 0.15) is 5.56 Å². The van der Waals surface area contributed by atoms with Crippen molar-refractivity contribution < 1.29 is 8.42 Å². The fourth-order valence-electron chi connectivity index (χ4n) is 2.38. The van der Waals surface area contributed by atoms with Crippen LogP contribution >= 0.6 is 0 Å². The molecule has 1 aromatic carbocycles. The number of rotatable bonds is 4. The summed E-state index contributed by atoms with van der Waals surface area (Å²) in [7, 11) is -0.586. The molecule has 0 saturated heterocycles. The van der Waals surface area contributed by atoms with E-state index in [0.717, 1.165) is 32.0 Å². The molecular weight excluding hydrogens is 324 g/mol. The van der Waals surface area contributed by atoms with Crippen LogP contribution in [0.3, 0.4) is 0 Å². The van der Waals surface area contributed by atoms with Crippen molar-refractivity contribution >= 4 is 26.8 Å².